The van der Waals surface area contributed by atoms with Gasteiger partial charge >= 0.3 is 6.18 Å². The highest BCUT2D eigenvalue weighted by Crippen LogP contribution is 2.30. The Kier molecular flexibility index (Phi) is 9.51. The number of carbonyl (C=O) groups is 2. The van der Waals surface area contributed by atoms with Crippen molar-refractivity contribution in [2.45, 2.75) is 19.0 Å². The van der Waals surface area contributed by atoms with Gasteiger partial charge in [0.25, 0.3) is 11.8 Å². The quantitative estimate of drug-likeness (QED) is 0.141. The molecule has 1 saturated heterocycles. The lowest BCUT2D eigenvalue weighted by atomic mass is 10.1. The number of nitrogens with one attached hydrogen (secondary N) is 3. The Hall–Kier alpha value is -4.72. The molecule has 0 aliphatic carbocycles. The predicted molar refractivity (Wildman–Crippen MR) is 162 cm³/mol. The summed E-state index contributed by atoms with van der Waals surface area (Å²) < 4.78 is 44.9. The first kappa shape index (κ1) is 31.7. The van der Waals surface area contributed by atoms with Gasteiger partial charge < -0.3 is 20.7 Å². The second kappa shape index (κ2) is 13.5. The second-order valence-corrected chi connectivity index (χ2v) is 10.9. The number of hydrogen-bond donors (Lipinski definition) is 4. The molecule has 45 heavy (non-hydrogen) atoms. The summed E-state index contributed by atoms with van der Waals surface area (Å²) in [7, 11) is 0. The molecule has 2 heterocycles. The lowest BCUT2D eigenvalue weighted by Crippen LogP contribution is -2.44. The van der Waals surface area contributed by atoms with Crippen molar-refractivity contribution in [3.63, 3.8) is 0 Å². The van der Waals surface area contributed by atoms with E-state index in [-0.39, 0.29) is 38.1 Å². The molecule has 0 saturated carbocycles. The number of aromatic nitrogens is 2. The van der Waals surface area contributed by atoms with Crippen molar-refractivity contribution in [2.24, 2.45) is 0 Å². The molecule has 0 spiro atoms. The number of hydrogen-bond acceptors (Lipinski definition) is 7. The van der Waals surface area contributed by atoms with Crippen molar-refractivity contribution in [3.8, 4) is 5.75 Å². The summed E-state index contributed by atoms with van der Waals surface area (Å²) >= 11 is 6.21. The number of amides is 2. The maximum atomic E-state index is 13.0. The molecule has 1 aliphatic heterocycles. The Balaban J connectivity index is 1.15. The molecule has 1 aliphatic rings. The fraction of sp³-hybridized carbons (Fsp3) is 0.226. The average Bonchev–Trinajstić information content (AvgIpc) is 3.45. The Morgan fingerprint density at radius 1 is 0.889 bits per heavy atom. The third-order valence-electron chi connectivity index (χ3n) is 7.12. The number of rotatable bonds is 10. The van der Waals surface area contributed by atoms with E-state index < -0.39 is 23.6 Å². The minimum atomic E-state index is -4.60. The van der Waals surface area contributed by atoms with Crippen LogP contribution in [0.1, 0.15) is 39.1 Å². The molecule has 10 nitrogen and oxygen atoms in total. The van der Waals surface area contributed by atoms with Gasteiger partial charge in [0.05, 0.1) is 34.2 Å². The number of likely N-dealkylation sites (tertiary alicyclic amines) is 1. The fourth-order valence-electron chi connectivity index (χ4n) is 4.72. The van der Waals surface area contributed by atoms with E-state index in [0.717, 1.165) is 44.1 Å². The third-order valence-corrected chi connectivity index (χ3v) is 7.45. The van der Waals surface area contributed by atoms with E-state index in [2.05, 4.69) is 25.9 Å². The first-order chi connectivity index (χ1) is 21.5. The van der Waals surface area contributed by atoms with Gasteiger partial charge in [-0.1, -0.05) is 17.7 Å². The van der Waals surface area contributed by atoms with Crippen molar-refractivity contribution in [1.82, 2.24) is 9.97 Å². The molecule has 4 aromatic rings. The van der Waals surface area contributed by atoms with Gasteiger partial charge in [-0.3, -0.25) is 9.59 Å². The minimum Gasteiger partial charge on any atom is -0.488 e. The van der Waals surface area contributed by atoms with Crippen LogP contribution in [-0.2, 0) is 6.18 Å². The number of hydroxylamine groups is 3. The molecule has 3 aromatic carbocycles. The number of quaternary nitrogens is 1. The molecule has 0 bridgehead atoms. The summed E-state index contributed by atoms with van der Waals surface area (Å²) in [5, 5.41) is 18.6. The van der Waals surface area contributed by atoms with Crippen LogP contribution in [0.25, 0.3) is 0 Å². The SMILES string of the molecule is O=C(Nc1ccc(Cl)c(C(=O)Nc2cnc(Nc3ccc(OCC[N+]4(O)CCCC4)cc3)nc2)c1)c1cccc(C(F)(F)F)c1. The zero-order chi connectivity index (χ0) is 32.0. The minimum absolute atomic E-state index is 0.0133. The van der Waals surface area contributed by atoms with Gasteiger partial charge in [0.15, 0.2) is 0 Å². The first-order valence-corrected chi connectivity index (χ1v) is 14.4. The van der Waals surface area contributed by atoms with E-state index in [0.29, 0.717) is 24.6 Å². The number of halogens is 4. The van der Waals surface area contributed by atoms with E-state index in [1.165, 1.54) is 36.7 Å². The molecule has 5 rings (SSSR count). The topological polar surface area (TPSA) is 125 Å². The smallest absolute Gasteiger partial charge is 0.416 e. The first-order valence-electron chi connectivity index (χ1n) is 14.0. The van der Waals surface area contributed by atoms with E-state index in [1.807, 2.05) is 0 Å². The molecule has 1 fully saturated rings. The van der Waals surface area contributed by atoms with Crippen LogP contribution in [-0.4, -0.2) is 57.9 Å². The van der Waals surface area contributed by atoms with Crippen LogP contribution < -0.4 is 20.7 Å². The number of alkyl halides is 3. The number of ether oxygens (including phenoxy) is 1. The van der Waals surface area contributed by atoms with Gasteiger partial charge in [-0.05, 0) is 60.7 Å². The van der Waals surface area contributed by atoms with E-state index in [4.69, 9.17) is 16.3 Å². The monoisotopic (exact) mass is 641 g/mol. The molecule has 4 N–H and O–H groups in total. The maximum absolute atomic E-state index is 13.0. The summed E-state index contributed by atoms with van der Waals surface area (Å²) in [5.41, 5.74) is -0.00538. The van der Waals surface area contributed by atoms with E-state index >= 15 is 0 Å². The fourth-order valence-corrected chi connectivity index (χ4v) is 4.92. The molecular formula is C31H29ClF3N6O4+. The van der Waals surface area contributed by atoms with Crippen molar-refractivity contribution >= 4 is 46.4 Å². The molecular weight excluding hydrogens is 613 g/mol. The molecule has 1 aromatic heterocycles. The normalized spacial score (nSPS) is 14.1. The van der Waals surface area contributed by atoms with Crippen LogP contribution in [0.2, 0.25) is 5.02 Å². The maximum Gasteiger partial charge on any atom is 0.416 e. The summed E-state index contributed by atoms with van der Waals surface area (Å²) in [4.78, 5) is 33.9. The van der Waals surface area contributed by atoms with E-state index in [9.17, 15) is 28.0 Å². The van der Waals surface area contributed by atoms with Gasteiger partial charge in [-0.2, -0.15) is 17.8 Å². The molecule has 234 valence electrons. The van der Waals surface area contributed by atoms with Gasteiger partial charge in [-0.25, -0.2) is 15.2 Å². The highest BCUT2D eigenvalue weighted by atomic mass is 35.5. The van der Waals surface area contributed by atoms with Crippen molar-refractivity contribution in [1.29, 1.82) is 0 Å². The average molecular weight is 642 g/mol. The van der Waals surface area contributed by atoms with E-state index in [1.54, 1.807) is 24.3 Å². The molecule has 14 heteroatoms. The Morgan fingerprint density at radius 2 is 1.56 bits per heavy atom. The highest BCUT2D eigenvalue weighted by molar-refractivity contribution is 6.34. The zero-order valence-electron chi connectivity index (χ0n) is 23.8. The van der Waals surface area contributed by atoms with Gasteiger partial charge in [0, 0.05) is 29.8 Å². The standard InChI is InChI=1S/C31H28ClF3N6O4/c32-27-11-8-23(38-28(42)20-4-3-5-21(16-20)31(33,34)35)17-26(27)29(43)39-24-18-36-30(37-19-24)40-22-6-9-25(10-7-22)45-15-14-41(44)12-1-2-13-41/h3-11,16-19,44H,1-2,12-15H2,(H2-,36,37,38,39,40,42,43)/p+1. The summed E-state index contributed by atoms with van der Waals surface area (Å²) in [6.45, 7) is 2.45. The summed E-state index contributed by atoms with van der Waals surface area (Å²) in [6.07, 6.45) is 0.230. The van der Waals surface area contributed by atoms with Crippen molar-refractivity contribution < 1.29 is 37.4 Å². The number of benzene rings is 3. The lowest BCUT2D eigenvalue weighted by molar-refractivity contribution is -1.09. The Bertz CT molecular complexity index is 1660. The predicted octanol–water partition coefficient (Wildman–Crippen LogP) is 6.78. The van der Waals surface area contributed by atoms with Crippen LogP contribution in [0.15, 0.2) is 79.1 Å². The highest BCUT2D eigenvalue weighted by Gasteiger charge is 2.31. The third kappa shape index (κ3) is 8.47. The van der Waals surface area contributed by atoms with Crippen LogP contribution in [0.5, 0.6) is 5.75 Å². The van der Waals surface area contributed by atoms with Crippen LogP contribution in [0.4, 0.5) is 36.2 Å². The van der Waals surface area contributed by atoms with Crippen LogP contribution >= 0.6 is 11.6 Å². The number of carbonyl (C=O) groups excluding carboxylic acids is 2. The summed E-state index contributed by atoms with van der Waals surface area (Å²) in [6, 6.07) is 15.3. The molecule has 0 unspecified atom stereocenters. The molecule has 0 radical (unpaired) electrons. The zero-order valence-corrected chi connectivity index (χ0v) is 24.5. The van der Waals surface area contributed by atoms with Crippen molar-refractivity contribution in [3.05, 3.63) is 101 Å². The lowest BCUT2D eigenvalue weighted by Gasteiger charge is -2.24. The van der Waals surface area contributed by atoms with Crippen LogP contribution in [0, 0.1) is 0 Å². The molecule has 0 atom stereocenters. The van der Waals surface area contributed by atoms with Crippen LogP contribution in [0.3, 0.4) is 0 Å². The Labute approximate surface area is 261 Å². The van der Waals surface area contributed by atoms with Gasteiger partial charge in [0.2, 0.25) is 5.95 Å². The largest absolute Gasteiger partial charge is 0.488 e. The van der Waals surface area contributed by atoms with Gasteiger partial charge in [-0.15, -0.1) is 0 Å². The molecule has 2 amide bonds. The summed E-state index contributed by atoms with van der Waals surface area (Å²) in [5.74, 6) is -0.455. The Morgan fingerprint density at radius 3 is 2.24 bits per heavy atom. The number of anilines is 4. The number of nitrogens with zero attached hydrogens (tertiary/aromatic N) is 3. The van der Waals surface area contributed by atoms with Gasteiger partial charge in [0.1, 0.15) is 32.0 Å². The second-order valence-electron chi connectivity index (χ2n) is 10.4. The van der Waals surface area contributed by atoms with Crippen molar-refractivity contribution in [2.75, 3.05) is 42.2 Å².